The summed E-state index contributed by atoms with van der Waals surface area (Å²) in [5.41, 5.74) is 2.75. The van der Waals surface area contributed by atoms with Gasteiger partial charge < -0.3 is 15.1 Å². The van der Waals surface area contributed by atoms with Gasteiger partial charge in [0.1, 0.15) is 0 Å². The summed E-state index contributed by atoms with van der Waals surface area (Å²) < 4.78 is 0. The van der Waals surface area contributed by atoms with E-state index in [-0.39, 0.29) is 0 Å². The third-order valence-corrected chi connectivity index (χ3v) is 3.53. The molecule has 0 bridgehead atoms. The predicted molar refractivity (Wildman–Crippen MR) is 76.8 cm³/mol. The van der Waals surface area contributed by atoms with E-state index < -0.39 is 0 Å². The molecule has 1 aromatic rings. The number of nitrogens with zero attached hydrogens (tertiary/aromatic N) is 2. The van der Waals surface area contributed by atoms with E-state index in [4.69, 9.17) is 0 Å². The molecular weight excluding hydrogens is 222 g/mol. The van der Waals surface area contributed by atoms with Crippen LogP contribution in [0.25, 0.3) is 0 Å². The van der Waals surface area contributed by atoms with Crippen molar-refractivity contribution in [2.75, 3.05) is 40.3 Å². The summed E-state index contributed by atoms with van der Waals surface area (Å²) in [6.07, 6.45) is 0. The van der Waals surface area contributed by atoms with E-state index in [0.717, 1.165) is 32.7 Å². The van der Waals surface area contributed by atoms with E-state index in [1.54, 1.807) is 0 Å². The van der Waals surface area contributed by atoms with Crippen LogP contribution in [0.4, 0.5) is 0 Å². The molecule has 2 rings (SSSR count). The molecule has 1 atom stereocenters. The van der Waals surface area contributed by atoms with E-state index in [2.05, 4.69) is 60.4 Å². The van der Waals surface area contributed by atoms with Crippen LogP contribution in [0.15, 0.2) is 24.3 Å². The van der Waals surface area contributed by atoms with E-state index in [1.807, 2.05) is 0 Å². The molecule has 0 radical (unpaired) electrons. The highest BCUT2D eigenvalue weighted by atomic mass is 15.2. The quantitative estimate of drug-likeness (QED) is 0.866. The maximum absolute atomic E-state index is 3.59. The summed E-state index contributed by atoms with van der Waals surface area (Å²) >= 11 is 0. The van der Waals surface area contributed by atoms with Crippen molar-refractivity contribution in [3.63, 3.8) is 0 Å². The first-order valence-corrected chi connectivity index (χ1v) is 6.79. The molecule has 18 heavy (non-hydrogen) atoms. The molecule has 1 unspecified atom stereocenters. The number of rotatable bonds is 4. The minimum absolute atomic E-state index is 0.596. The Morgan fingerprint density at radius 1 is 1.44 bits per heavy atom. The number of aryl methyl sites for hydroxylation is 1. The fraction of sp³-hybridized carbons (Fsp3) is 0.600. The van der Waals surface area contributed by atoms with Gasteiger partial charge in [0.05, 0.1) is 0 Å². The molecule has 0 aromatic heterocycles. The van der Waals surface area contributed by atoms with E-state index in [9.17, 15) is 0 Å². The third-order valence-electron chi connectivity index (χ3n) is 3.53. The Kier molecular flexibility index (Phi) is 4.75. The van der Waals surface area contributed by atoms with Crippen LogP contribution in [0.3, 0.4) is 0 Å². The number of likely N-dealkylation sites (N-methyl/N-ethyl adjacent to an activating group) is 2. The minimum Gasteiger partial charge on any atom is -0.310 e. The highest BCUT2D eigenvalue weighted by Crippen LogP contribution is 2.07. The lowest BCUT2D eigenvalue weighted by atomic mass is 10.1. The van der Waals surface area contributed by atoms with E-state index >= 15 is 0 Å². The lowest BCUT2D eigenvalue weighted by Gasteiger charge is -2.33. The Labute approximate surface area is 111 Å². The van der Waals surface area contributed by atoms with Crippen molar-refractivity contribution >= 4 is 0 Å². The maximum Gasteiger partial charge on any atom is 0.0323 e. The molecule has 0 aliphatic carbocycles. The second kappa shape index (κ2) is 6.32. The summed E-state index contributed by atoms with van der Waals surface area (Å²) in [6, 6.07) is 9.38. The average Bonchev–Trinajstić information content (AvgIpc) is 2.28. The van der Waals surface area contributed by atoms with Gasteiger partial charge in [0.25, 0.3) is 0 Å². The SMILES string of the molecule is Cc1cccc(CN(C)CC2CN(C)CCN2)c1. The van der Waals surface area contributed by atoms with Crippen molar-refractivity contribution < 1.29 is 0 Å². The number of hydrogen-bond donors (Lipinski definition) is 1. The van der Waals surface area contributed by atoms with Gasteiger partial charge in [-0.3, -0.25) is 0 Å². The molecule has 1 aliphatic heterocycles. The molecule has 1 aromatic carbocycles. The molecular formula is C15H25N3. The van der Waals surface area contributed by atoms with Gasteiger partial charge >= 0.3 is 0 Å². The zero-order valence-electron chi connectivity index (χ0n) is 11.8. The second-order valence-electron chi connectivity index (χ2n) is 5.60. The fourth-order valence-corrected chi connectivity index (χ4v) is 2.68. The van der Waals surface area contributed by atoms with Gasteiger partial charge in [-0.25, -0.2) is 0 Å². The number of hydrogen-bond acceptors (Lipinski definition) is 3. The molecule has 1 saturated heterocycles. The van der Waals surface area contributed by atoms with E-state index in [0.29, 0.717) is 6.04 Å². The van der Waals surface area contributed by atoms with Crippen molar-refractivity contribution in [3.05, 3.63) is 35.4 Å². The van der Waals surface area contributed by atoms with Crippen molar-refractivity contribution in [1.82, 2.24) is 15.1 Å². The molecule has 0 saturated carbocycles. The summed E-state index contributed by atoms with van der Waals surface area (Å²) in [4.78, 5) is 4.81. The highest BCUT2D eigenvalue weighted by Gasteiger charge is 2.17. The van der Waals surface area contributed by atoms with Crippen LogP contribution in [0.5, 0.6) is 0 Å². The first-order valence-electron chi connectivity index (χ1n) is 6.79. The molecule has 1 fully saturated rings. The Morgan fingerprint density at radius 2 is 2.28 bits per heavy atom. The van der Waals surface area contributed by atoms with Crippen molar-refractivity contribution in [3.8, 4) is 0 Å². The lowest BCUT2D eigenvalue weighted by molar-refractivity contribution is 0.192. The largest absolute Gasteiger partial charge is 0.310 e. The Bertz CT molecular complexity index is 378. The van der Waals surface area contributed by atoms with Crippen LogP contribution in [-0.2, 0) is 6.54 Å². The van der Waals surface area contributed by atoms with Gasteiger partial charge in [-0.2, -0.15) is 0 Å². The first-order chi connectivity index (χ1) is 8.63. The smallest absolute Gasteiger partial charge is 0.0323 e. The van der Waals surface area contributed by atoms with Crippen LogP contribution in [0.2, 0.25) is 0 Å². The maximum atomic E-state index is 3.59. The number of nitrogens with one attached hydrogen (secondary N) is 1. The summed E-state index contributed by atoms with van der Waals surface area (Å²) in [5.74, 6) is 0. The molecule has 1 aliphatic rings. The van der Waals surface area contributed by atoms with Crippen molar-refractivity contribution in [1.29, 1.82) is 0 Å². The average molecular weight is 247 g/mol. The lowest BCUT2D eigenvalue weighted by Crippen LogP contribution is -2.53. The molecule has 1 N–H and O–H groups in total. The van der Waals surface area contributed by atoms with Gasteiger partial charge in [-0.05, 0) is 26.6 Å². The van der Waals surface area contributed by atoms with Crippen LogP contribution in [0, 0.1) is 6.92 Å². The molecule has 1 heterocycles. The molecule has 0 amide bonds. The molecule has 0 spiro atoms. The zero-order valence-corrected chi connectivity index (χ0v) is 11.8. The topological polar surface area (TPSA) is 18.5 Å². The Morgan fingerprint density at radius 3 is 3.00 bits per heavy atom. The third kappa shape index (κ3) is 4.09. The number of benzene rings is 1. The van der Waals surface area contributed by atoms with Gasteiger partial charge in [0.2, 0.25) is 0 Å². The van der Waals surface area contributed by atoms with Crippen molar-refractivity contribution in [2.24, 2.45) is 0 Å². The van der Waals surface area contributed by atoms with Crippen LogP contribution >= 0.6 is 0 Å². The standard InChI is InChI=1S/C15H25N3/c1-13-5-4-6-14(9-13)10-18(3)12-15-11-17(2)8-7-16-15/h4-6,9,15-16H,7-8,10-12H2,1-3H3. The first kappa shape index (κ1) is 13.5. The normalized spacial score (nSPS) is 21.4. The van der Waals surface area contributed by atoms with Gasteiger partial charge in [-0.1, -0.05) is 29.8 Å². The molecule has 3 nitrogen and oxygen atoms in total. The fourth-order valence-electron chi connectivity index (χ4n) is 2.68. The predicted octanol–water partition coefficient (Wildman–Crippen LogP) is 1.33. The van der Waals surface area contributed by atoms with Gasteiger partial charge in [0.15, 0.2) is 0 Å². The van der Waals surface area contributed by atoms with Crippen LogP contribution in [-0.4, -0.2) is 56.1 Å². The highest BCUT2D eigenvalue weighted by molar-refractivity contribution is 5.22. The van der Waals surface area contributed by atoms with Gasteiger partial charge in [-0.15, -0.1) is 0 Å². The Hall–Kier alpha value is -0.900. The Balaban J connectivity index is 1.82. The second-order valence-corrected chi connectivity index (χ2v) is 5.60. The van der Waals surface area contributed by atoms with E-state index in [1.165, 1.54) is 11.1 Å². The van der Waals surface area contributed by atoms with Crippen LogP contribution < -0.4 is 5.32 Å². The van der Waals surface area contributed by atoms with Crippen molar-refractivity contribution in [2.45, 2.75) is 19.5 Å². The molecule has 3 heteroatoms. The number of piperazine rings is 1. The zero-order chi connectivity index (χ0) is 13.0. The van der Waals surface area contributed by atoms with Crippen LogP contribution in [0.1, 0.15) is 11.1 Å². The summed E-state index contributed by atoms with van der Waals surface area (Å²) in [7, 11) is 4.41. The minimum atomic E-state index is 0.596. The molecule has 100 valence electrons. The monoisotopic (exact) mass is 247 g/mol. The van der Waals surface area contributed by atoms with Gasteiger partial charge in [0, 0.05) is 38.8 Å². The summed E-state index contributed by atoms with van der Waals surface area (Å²) in [6.45, 7) is 7.72. The summed E-state index contributed by atoms with van der Waals surface area (Å²) in [5, 5.41) is 3.59.